The summed E-state index contributed by atoms with van der Waals surface area (Å²) >= 11 is 0. The molecule has 0 spiro atoms. The molecule has 1 amide bonds. The van der Waals surface area contributed by atoms with E-state index in [-0.39, 0.29) is 5.91 Å². The number of hydrogen-bond acceptors (Lipinski definition) is 4. The van der Waals surface area contributed by atoms with Crippen molar-refractivity contribution >= 4 is 17.3 Å². The number of hydrogen-bond donors (Lipinski definition) is 2. The van der Waals surface area contributed by atoms with Gasteiger partial charge in [-0.05, 0) is 37.1 Å². The van der Waals surface area contributed by atoms with Crippen LogP contribution in [-0.4, -0.2) is 49.6 Å². The van der Waals surface area contributed by atoms with E-state index < -0.39 is 0 Å². The highest BCUT2D eigenvalue weighted by atomic mass is 16.2. The summed E-state index contributed by atoms with van der Waals surface area (Å²) in [5.74, 6) is 0.174. The number of piperazine rings is 1. The highest BCUT2D eigenvalue weighted by Gasteiger charge is 2.25. The van der Waals surface area contributed by atoms with Crippen LogP contribution >= 0.6 is 0 Å². The van der Waals surface area contributed by atoms with Crippen molar-refractivity contribution in [3.8, 4) is 0 Å². The largest absolute Gasteiger partial charge is 0.399 e. The first kappa shape index (κ1) is 13.2. The smallest absolute Gasteiger partial charge is 0.234 e. The number of nitrogens with two attached hydrogens (primary N) is 1. The Kier molecular flexibility index (Phi) is 3.78. The minimum absolute atomic E-state index is 0.174. The minimum atomic E-state index is 0.174. The molecule has 3 N–H and O–H groups in total. The van der Waals surface area contributed by atoms with Gasteiger partial charge in [0.05, 0.1) is 6.54 Å². The Morgan fingerprint density at radius 1 is 1.15 bits per heavy atom. The summed E-state index contributed by atoms with van der Waals surface area (Å²) in [4.78, 5) is 16.3. The number of nitrogens with one attached hydrogen (secondary N) is 1. The van der Waals surface area contributed by atoms with Crippen molar-refractivity contribution in [1.29, 1.82) is 0 Å². The van der Waals surface area contributed by atoms with Gasteiger partial charge < -0.3 is 16.0 Å². The SMILES string of the molecule is Nc1ccc(N2CCN(CC(=O)NC3CC3)CC2)cc1. The van der Waals surface area contributed by atoms with Gasteiger partial charge in [-0.2, -0.15) is 0 Å². The standard InChI is InChI=1S/C15H22N4O/c16-12-1-5-14(6-2-12)19-9-7-18(8-10-19)11-15(20)17-13-3-4-13/h1-2,5-6,13H,3-4,7-11,16H2,(H,17,20). The molecule has 1 saturated heterocycles. The molecule has 2 aliphatic rings. The molecule has 1 aliphatic carbocycles. The predicted molar refractivity (Wildman–Crippen MR) is 80.7 cm³/mol. The van der Waals surface area contributed by atoms with Crippen molar-refractivity contribution in [3.05, 3.63) is 24.3 Å². The van der Waals surface area contributed by atoms with Crippen molar-refractivity contribution in [2.75, 3.05) is 43.4 Å². The van der Waals surface area contributed by atoms with Crippen LogP contribution in [0.3, 0.4) is 0 Å². The van der Waals surface area contributed by atoms with E-state index in [9.17, 15) is 4.79 Å². The van der Waals surface area contributed by atoms with Crippen LogP contribution in [0.2, 0.25) is 0 Å². The Morgan fingerprint density at radius 3 is 2.40 bits per heavy atom. The molecule has 3 rings (SSSR count). The van der Waals surface area contributed by atoms with Crippen LogP contribution in [0.1, 0.15) is 12.8 Å². The minimum Gasteiger partial charge on any atom is -0.399 e. The number of amides is 1. The van der Waals surface area contributed by atoms with Gasteiger partial charge in [0.2, 0.25) is 5.91 Å². The van der Waals surface area contributed by atoms with E-state index in [1.807, 2.05) is 12.1 Å². The highest BCUT2D eigenvalue weighted by molar-refractivity contribution is 5.78. The van der Waals surface area contributed by atoms with Gasteiger partial charge in [0.25, 0.3) is 0 Å². The second-order valence-electron chi connectivity index (χ2n) is 5.70. The third kappa shape index (κ3) is 3.42. The summed E-state index contributed by atoms with van der Waals surface area (Å²) in [6.45, 7) is 4.32. The fourth-order valence-electron chi connectivity index (χ4n) is 2.55. The van der Waals surface area contributed by atoms with Gasteiger partial charge in [0.1, 0.15) is 0 Å². The molecule has 1 aliphatic heterocycles. The maximum absolute atomic E-state index is 11.8. The lowest BCUT2D eigenvalue weighted by molar-refractivity contribution is -0.122. The summed E-state index contributed by atoms with van der Waals surface area (Å²) in [5.41, 5.74) is 7.71. The molecule has 0 atom stereocenters. The summed E-state index contributed by atoms with van der Waals surface area (Å²) in [6.07, 6.45) is 2.30. The van der Waals surface area contributed by atoms with Crippen molar-refractivity contribution < 1.29 is 4.79 Å². The summed E-state index contributed by atoms with van der Waals surface area (Å²) < 4.78 is 0. The molecule has 5 heteroatoms. The first-order valence-electron chi connectivity index (χ1n) is 7.33. The Morgan fingerprint density at radius 2 is 1.80 bits per heavy atom. The molecule has 0 radical (unpaired) electrons. The number of nitrogens with zero attached hydrogens (tertiary/aromatic N) is 2. The van der Waals surface area contributed by atoms with E-state index in [0.29, 0.717) is 12.6 Å². The van der Waals surface area contributed by atoms with E-state index in [0.717, 1.165) is 44.7 Å². The fourth-order valence-corrected chi connectivity index (χ4v) is 2.55. The molecule has 0 aromatic heterocycles. The van der Waals surface area contributed by atoms with E-state index in [1.165, 1.54) is 5.69 Å². The number of anilines is 2. The van der Waals surface area contributed by atoms with E-state index in [4.69, 9.17) is 5.73 Å². The third-order valence-corrected chi connectivity index (χ3v) is 3.94. The van der Waals surface area contributed by atoms with Crippen LogP contribution in [0.25, 0.3) is 0 Å². The Labute approximate surface area is 119 Å². The van der Waals surface area contributed by atoms with Gasteiger partial charge in [-0.3, -0.25) is 9.69 Å². The molecule has 1 heterocycles. The Balaban J connectivity index is 1.46. The number of carbonyl (C=O) groups is 1. The van der Waals surface area contributed by atoms with Gasteiger partial charge in [-0.1, -0.05) is 0 Å². The predicted octanol–water partition coefficient (Wildman–Crippen LogP) is 0.669. The third-order valence-electron chi connectivity index (χ3n) is 3.94. The molecule has 5 nitrogen and oxygen atoms in total. The fraction of sp³-hybridized carbons (Fsp3) is 0.533. The average Bonchev–Trinajstić information content (AvgIpc) is 3.24. The van der Waals surface area contributed by atoms with Gasteiger partial charge >= 0.3 is 0 Å². The van der Waals surface area contributed by atoms with E-state index >= 15 is 0 Å². The van der Waals surface area contributed by atoms with E-state index in [1.54, 1.807) is 0 Å². The maximum atomic E-state index is 11.8. The monoisotopic (exact) mass is 274 g/mol. The Hall–Kier alpha value is -1.75. The zero-order chi connectivity index (χ0) is 13.9. The topological polar surface area (TPSA) is 61.6 Å². The zero-order valence-electron chi connectivity index (χ0n) is 11.7. The van der Waals surface area contributed by atoms with E-state index in [2.05, 4.69) is 27.2 Å². The maximum Gasteiger partial charge on any atom is 0.234 e. The Bertz CT molecular complexity index is 461. The molecule has 1 saturated carbocycles. The molecule has 1 aromatic carbocycles. The normalized spacial score (nSPS) is 19.9. The summed E-state index contributed by atoms with van der Waals surface area (Å²) in [6, 6.07) is 8.45. The first-order valence-corrected chi connectivity index (χ1v) is 7.33. The van der Waals surface area contributed by atoms with Crippen LogP contribution in [0, 0.1) is 0 Å². The number of carbonyl (C=O) groups excluding carboxylic acids is 1. The molecule has 20 heavy (non-hydrogen) atoms. The lowest BCUT2D eigenvalue weighted by atomic mass is 10.2. The van der Waals surface area contributed by atoms with Gasteiger partial charge in [0, 0.05) is 43.6 Å². The van der Waals surface area contributed by atoms with Crippen LogP contribution in [0.5, 0.6) is 0 Å². The molecule has 108 valence electrons. The van der Waals surface area contributed by atoms with Crippen molar-refractivity contribution in [3.63, 3.8) is 0 Å². The summed E-state index contributed by atoms with van der Waals surface area (Å²) in [5, 5.41) is 3.04. The molecular weight excluding hydrogens is 252 g/mol. The quantitative estimate of drug-likeness (QED) is 0.792. The number of rotatable bonds is 4. The van der Waals surface area contributed by atoms with Gasteiger partial charge in [-0.15, -0.1) is 0 Å². The van der Waals surface area contributed by atoms with Crippen LogP contribution in [-0.2, 0) is 4.79 Å². The number of benzene rings is 1. The molecule has 1 aromatic rings. The lowest BCUT2D eigenvalue weighted by Crippen LogP contribution is -2.49. The first-order chi connectivity index (χ1) is 9.70. The average molecular weight is 274 g/mol. The molecule has 2 fully saturated rings. The lowest BCUT2D eigenvalue weighted by Gasteiger charge is -2.35. The van der Waals surface area contributed by atoms with Crippen LogP contribution in [0.4, 0.5) is 11.4 Å². The number of nitrogen functional groups attached to an aromatic ring is 1. The second-order valence-corrected chi connectivity index (χ2v) is 5.70. The molecular formula is C15H22N4O. The molecule has 0 unspecified atom stereocenters. The molecule has 0 bridgehead atoms. The summed E-state index contributed by atoms with van der Waals surface area (Å²) in [7, 11) is 0. The van der Waals surface area contributed by atoms with Crippen molar-refractivity contribution in [2.24, 2.45) is 0 Å². The van der Waals surface area contributed by atoms with Crippen molar-refractivity contribution in [1.82, 2.24) is 10.2 Å². The van der Waals surface area contributed by atoms with Crippen molar-refractivity contribution in [2.45, 2.75) is 18.9 Å². The highest BCUT2D eigenvalue weighted by Crippen LogP contribution is 2.19. The van der Waals surface area contributed by atoms with Crippen LogP contribution < -0.4 is 16.0 Å². The van der Waals surface area contributed by atoms with Gasteiger partial charge in [-0.25, -0.2) is 0 Å². The van der Waals surface area contributed by atoms with Crippen LogP contribution in [0.15, 0.2) is 24.3 Å². The second kappa shape index (κ2) is 5.71. The van der Waals surface area contributed by atoms with Gasteiger partial charge in [0.15, 0.2) is 0 Å². The zero-order valence-corrected chi connectivity index (χ0v) is 11.7.